The molecule has 0 aliphatic carbocycles. The number of nitrogens with zero attached hydrogens (tertiary/aromatic N) is 1. The van der Waals surface area contributed by atoms with Crippen LogP contribution in [0.5, 0.6) is 0 Å². The van der Waals surface area contributed by atoms with E-state index in [1.54, 1.807) is 4.90 Å². The second-order valence-electron chi connectivity index (χ2n) is 7.00. The molecular formula is C17H26BrNO4. The normalized spacial score (nSPS) is 18.0. The van der Waals surface area contributed by atoms with E-state index in [4.69, 9.17) is 13.9 Å². The Kier molecular flexibility index (Phi) is 5.79. The Morgan fingerprint density at radius 1 is 1.35 bits per heavy atom. The monoisotopic (exact) mass is 387 g/mol. The maximum Gasteiger partial charge on any atom is 0.410 e. The molecular weight excluding hydrogens is 362 g/mol. The van der Waals surface area contributed by atoms with Crippen LogP contribution in [0.3, 0.4) is 0 Å². The van der Waals surface area contributed by atoms with Crippen LogP contribution in [-0.2, 0) is 16.1 Å². The number of piperidine rings is 1. The van der Waals surface area contributed by atoms with E-state index in [1.807, 2.05) is 32.9 Å². The lowest BCUT2D eigenvalue weighted by Crippen LogP contribution is -2.49. The van der Waals surface area contributed by atoms with Crippen molar-refractivity contribution in [2.24, 2.45) is 0 Å². The molecule has 23 heavy (non-hydrogen) atoms. The third kappa shape index (κ3) is 5.24. The number of rotatable bonds is 4. The van der Waals surface area contributed by atoms with Crippen molar-refractivity contribution in [1.29, 1.82) is 0 Å². The van der Waals surface area contributed by atoms with Crippen LogP contribution in [0.4, 0.5) is 4.79 Å². The SMILES string of the molecule is CCC1(OCc2ccc(Br)o2)CCN(C(=O)OC(C)(C)C)CC1. The number of ether oxygens (including phenoxy) is 2. The Labute approximate surface area is 146 Å². The van der Waals surface area contributed by atoms with E-state index in [1.165, 1.54) is 0 Å². The van der Waals surface area contributed by atoms with Gasteiger partial charge in [0.15, 0.2) is 4.67 Å². The first-order valence-corrected chi connectivity index (χ1v) is 8.88. The van der Waals surface area contributed by atoms with Gasteiger partial charge in [0.25, 0.3) is 0 Å². The van der Waals surface area contributed by atoms with E-state index in [0.29, 0.717) is 24.4 Å². The molecule has 0 unspecified atom stereocenters. The topological polar surface area (TPSA) is 51.9 Å². The minimum Gasteiger partial charge on any atom is -0.452 e. The average Bonchev–Trinajstić information content (AvgIpc) is 2.89. The van der Waals surface area contributed by atoms with Crippen molar-refractivity contribution in [1.82, 2.24) is 4.90 Å². The van der Waals surface area contributed by atoms with Gasteiger partial charge in [-0.1, -0.05) is 6.92 Å². The summed E-state index contributed by atoms with van der Waals surface area (Å²) >= 11 is 3.30. The van der Waals surface area contributed by atoms with Crippen LogP contribution in [-0.4, -0.2) is 35.3 Å². The number of hydrogen-bond acceptors (Lipinski definition) is 4. The number of furan rings is 1. The molecule has 0 aromatic carbocycles. The van der Waals surface area contributed by atoms with Crippen LogP contribution in [0.15, 0.2) is 21.2 Å². The molecule has 2 rings (SSSR count). The maximum atomic E-state index is 12.1. The quantitative estimate of drug-likeness (QED) is 0.748. The van der Waals surface area contributed by atoms with Crippen LogP contribution in [0.2, 0.25) is 0 Å². The highest BCUT2D eigenvalue weighted by Crippen LogP contribution is 2.31. The molecule has 1 aliphatic rings. The number of hydrogen-bond donors (Lipinski definition) is 0. The van der Waals surface area contributed by atoms with E-state index < -0.39 is 5.60 Å². The number of likely N-dealkylation sites (tertiary alicyclic amines) is 1. The molecule has 130 valence electrons. The Bertz CT molecular complexity index is 527. The molecule has 1 aromatic rings. The van der Waals surface area contributed by atoms with Gasteiger partial charge in [-0.2, -0.15) is 0 Å². The van der Waals surface area contributed by atoms with Gasteiger partial charge in [0.2, 0.25) is 0 Å². The summed E-state index contributed by atoms with van der Waals surface area (Å²) in [5.41, 5.74) is -0.655. The summed E-state index contributed by atoms with van der Waals surface area (Å²) in [5, 5.41) is 0. The van der Waals surface area contributed by atoms with E-state index in [9.17, 15) is 4.79 Å². The molecule has 0 saturated carbocycles. The third-order valence-electron chi connectivity index (χ3n) is 4.12. The standard InChI is InChI=1S/C17H26BrNO4/c1-5-17(21-12-13-6-7-14(18)22-13)8-10-19(11-9-17)15(20)23-16(2,3)4/h6-7H,5,8-12H2,1-4H3. The summed E-state index contributed by atoms with van der Waals surface area (Å²) in [6.07, 6.45) is 2.30. The lowest BCUT2D eigenvalue weighted by atomic mass is 9.88. The van der Waals surface area contributed by atoms with Crippen LogP contribution in [0.1, 0.15) is 52.7 Å². The molecule has 0 atom stereocenters. The Hall–Kier alpha value is -1.01. The summed E-state index contributed by atoms with van der Waals surface area (Å²) in [4.78, 5) is 13.9. The van der Waals surface area contributed by atoms with Crippen molar-refractivity contribution < 1.29 is 18.7 Å². The maximum absolute atomic E-state index is 12.1. The Balaban J connectivity index is 1.87. The van der Waals surface area contributed by atoms with E-state index in [2.05, 4.69) is 22.9 Å². The summed E-state index contributed by atoms with van der Waals surface area (Å²) in [7, 11) is 0. The fraction of sp³-hybridized carbons (Fsp3) is 0.706. The van der Waals surface area contributed by atoms with E-state index in [0.717, 1.165) is 25.0 Å². The van der Waals surface area contributed by atoms with Gasteiger partial charge in [-0.15, -0.1) is 0 Å². The van der Waals surface area contributed by atoms with Crippen molar-refractivity contribution in [3.63, 3.8) is 0 Å². The van der Waals surface area contributed by atoms with E-state index in [-0.39, 0.29) is 11.7 Å². The van der Waals surface area contributed by atoms with Gasteiger partial charge in [-0.3, -0.25) is 0 Å². The number of carbonyl (C=O) groups excluding carboxylic acids is 1. The van der Waals surface area contributed by atoms with Crippen LogP contribution >= 0.6 is 15.9 Å². The highest BCUT2D eigenvalue weighted by atomic mass is 79.9. The van der Waals surface area contributed by atoms with Crippen LogP contribution in [0, 0.1) is 0 Å². The fourth-order valence-corrected chi connectivity index (χ4v) is 3.02. The summed E-state index contributed by atoms with van der Waals surface area (Å²) < 4.78 is 17.8. The van der Waals surface area contributed by atoms with Gasteiger partial charge < -0.3 is 18.8 Å². The third-order valence-corrected chi connectivity index (χ3v) is 4.55. The van der Waals surface area contributed by atoms with E-state index >= 15 is 0 Å². The van der Waals surface area contributed by atoms with Crippen molar-refractivity contribution in [3.8, 4) is 0 Å². The highest BCUT2D eigenvalue weighted by Gasteiger charge is 2.36. The predicted octanol–water partition coefficient (Wildman–Crippen LogP) is 4.74. The molecule has 6 heteroatoms. The Morgan fingerprint density at radius 3 is 2.48 bits per heavy atom. The molecule has 1 aromatic heterocycles. The van der Waals surface area contributed by atoms with Gasteiger partial charge >= 0.3 is 6.09 Å². The lowest BCUT2D eigenvalue weighted by molar-refractivity contribution is -0.0996. The van der Waals surface area contributed by atoms with Gasteiger partial charge in [-0.25, -0.2) is 4.79 Å². The van der Waals surface area contributed by atoms with Crippen LogP contribution < -0.4 is 0 Å². The molecule has 0 radical (unpaired) electrons. The van der Waals surface area contributed by atoms with Crippen molar-refractivity contribution in [2.45, 2.75) is 64.8 Å². The zero-order valence-electron chi connectivity index (χ0n) is 14.4. The largest absolute Gasteiger partial charge is 0.452 e. The second-order valence-corrected chi connectivity index (χ2v) is 7.78. The molecule has 1 saturated heterocycles. The first-order chi connectivity index (χ1) is 10.7. The average molecular weight is 388 g/mol. The van der Waals surface area contributed by atoms with Gasteiger partial charge in [0.05, 0.1) is 5.60 Å². The Morgan fingerprint density at radius 2 is 2.00 bits per heavy atom. The molecule has 1 amide bonds. The summed E-state index contributed by atoms with van der Waals surface area (Å²) in [6.45, 7) is 9.55. The molecule has 2 heterocycles. The highest BCUT2D eigenvalue weighted by molar-refractivity contribution is 9.10. The minimum atomic E-state index is -0.459. The summed E-state index contributed by atoms with van der Waals surface area (Å²) in [5.74, 6) is 0.805. The van der Waals surface area contributed by atoms with Crippen molar-refractivity contribution >= 4 is 22.0 Å². The van der Waals surface area contributed by atoms with Crippen LogP contribution in [0.25, 0.3) is 0 Å². The molecule has 1 fully saturated rings. The van der Waals surface area contributed by atoms with Crippen molar-refractivity contribution in [2.75, 3.05) is 13.1 Å². The minimum absolute atomic E-state index is 0.197. The lowest BCUT2D eigenvalue weighted by Gasteiger charge is -2.41. The van der Waals surface area contributed by atoms with Crippen molar-refractivity contribution in [3.05, 3.63) is 22.6 Å². The number of amides is 1. The number of halogens is 1. The fourth-order valence-electron chi connectivity index (χ4n) is 2.68. The summed E-state index contributed by atoms with van der Waals surface area (Å²) in [6, 6.07) is 3.77. The number of carbonyl (C=O) groups is 1. The molecule has 1 aliphatic heterocycles. The molecule has 0 bridgehead atoms. The van der Waals surface area contributed by atoms with Gasteiger partial charge in [0, 0.05) is 13.1 Å². The molecule has 0 N–H and O–H groups in total. The molecule has 5 nitrogen and oxygen atoms in total. The smallest absolute Gasteiger partial charge is 0.410 e. The van der Waals surface area contributed by atoms with Gasteiger partial charge in [0.1, 0.15) is 18.0 Å². The van der Waals surface area contributed by atoms with Gasteiger partial charge in [-0.05, 0) is 68.1 Å². The molecule has 0 spiro atoms. The zero-order chi connectivity index (χ0) is 17.1. The first-order valence-electron chi connectivity index (χ1n) is 8.09. The first kappa shape index (κ1) is 18.3. The second kappa shape index (κ2) is 7.26. The zero-order valence-corrected chi connectivity index (χ0v) is 15.9. The predicted molar refractivity (Wildman–Crippen MR) is 91.3 cm³/mol.